The minimum absolute atomic E-state index is 0.799. The summed E-state index contributed by atoms with van der Waals surface area (Å²) < 4.78 is 34.8. The minimum Gasteiger partial charge on any atom is -0.450 e. The maximum Gasteiger partial charge on any atom is 0.506 e. The molecule has 0 heterocycles. The van der Waals surface area contributed by atoms with Gasteiger partial charge >= 0.3 is 12.3 Å². The molecule has 16 heavy (non-hydrogen) atoms. The summed E-state index contributed by atoms with van der Waals surface area (Å²) >= 11 is 0. The highest BCUT2D eigenvalue weighted by Crippen LogP contribution is 2.58. The molecule has 1 aliphatic rings. The molecule has 0 aromatic heterocycles. The van der Waals surface area contributed by atoms with Gasteiger partial charge in [0, 0.05) is 0 Å². The lowest BCUT2D eigenvalue weighted by Crippen LogP contribution is -2.76. The van der Waals surface area contributed by atoms with Crippen molar-refractivity contribution in [3.8, 4) is 0 Å². The average Bonchev–Trinajstić information content (AvgIpc) is 1.98. The fourth-order valence-corrected chi connectivity index (χ4v) is 1.72. The van der Waals surface area contributed by atoms with E-state index in [4.69, 9.17) is 10.2 Å². The smallest absolute Gasteiger partial charge is 0.450 e. The molecule has 1 aliphatic carbocycles. The van der Waals surface area contributed by atoms with Crippen molar-refractivity contribution in [2.75, 3.05) is 0 Å². The van der Waals surface area contributed by atoms with Gasteiger partial charge in [-0.05, 0) is 13.8 Å². The maximum absolute atomic E-state index is 13.2. The van der Waals surface area contributed by atoms with Crippen molar-refractivity contribution in [2.24, 2.45) is 0 Å². The first-order valence-corrected chi connectivity index (χ1v) is 4.26. The summed E-state index contributed by atoms with van der Waals surface area (Å²) in [5.74, 6) is -3.46. The van der Waals surface area contributed by atoms with E-state index in [1.54, 1.807) is 0 Å². The van der Waals surface area contributed by atoms with Crippen LogP contribution in [0.25, 0.3) is 0 Å². The van der Waals surface area contributed by atoms with Gasteiger partial charge in [0.05, 0.1) is 6.42 Å². The number of hydrogen-bond acceptors (Lipinski definition) is 4. The van der Waals surface area contributed by atoms with E-state index < -0.39 is 35.9 Å². The Balaban J connectivity index is 2.98. The molecule has 92 valence electrons. The molecule has 0 spiro atoms. The summed E-state index contributed by atoms with van der Waals surface area (Å²) in [6.45, 7) is 1.86. The summed E-state index contributed by atoms with van der Waals surface area (Å²) in [7, 11) is 0. The number of halogens is 2. The van der Waals surface area contributed by atoms with E-state index >= 15 is 0 Å². The molecule has 1 fully saturated rings. The Morgan fingerprint density at radius 2 is 1.56 bits per heavy atom. The molecule has 2 atom stereocenters. The third-order valence-corrected chi connectivity index (χ3v) is 2.87. The van der Waals surface area contributed by atoms with Crippen LogP contribution in [0.4, 0.5) is 18.4 Å². The molecule has 0 aromatic rings. The normalized spacial score (nSPS) is 36.0. The number of carboxylic acid groups (broad SMARTS) is 2. The number of rotatable bonds is 2. The van der Waals surface area contributed by atoms with E-state index in [1.165, 1.54) is 0 Å². The monoisotopic (exact) mass is 240 g/mol. The third kappa shape index (κ3) is 1.54. The Bertz CT molecular complexity index is 343. The van der Waals surface area contributed by atoms with E-state index in [9.17, 15) is 18.4 Å². The molecule has 0 saturated heterocycles. The van der Waals surface area contributed by atoms with Gasteiger partial charge in [-0.15, -0.1) is 0 Å². The van der Waals surface area contributed by atoms with Crippen LogP contribution < -0.4 is 0 Å². The van der Waals surface area contributed by atoms with Crippen molar-refractivity contribution in [2.45, 2.75) is 37.4 Å². The van der Waals surface area contributed by atoms with Crippen LogP contribution in [0.2, 0.25) is 0 Å². The van der Waals surface area contributed by atoms with E-state index in [2.05, 4.69) is 9.47 Å². The Hall–Kier alpha value is -1.60. The molecule has 1 saturated carbocycles. The third-order valence-electron chi connectivity index (χ3n) is 2.87. The lowest BCUT2D eigenvalue weighted by atomic mass is 9.63. The Morgan fingerprint density at radius 3 is 1.88 bits per heavy atom. The Kier molecular flexibility index (Phi) is 2.49. The zero-order valence-electron chi connectivity index (χ0n) is 8.49. The molecule has 2 unspecified atom stereocenters. The second-order valence-corrected chi connectivity index (χ2v) is 3.88. The summed E-state index contributed by atoms with van der Waals surface area (Å²) in [5, 5.41) is 16.7. The number of carbonyl (C=O) groups is 2. The van der Waals surface area contributed by atoms with Crippen LogP contribution in [0.1, 0.15) is 20.3 Å². The fourth-order valence-electron chi connectivity index (χ4n) is 1.72. The van der Waals surface area contributed by atoms with Gasteiger partial charge in [-0.3, -0.25) is 0 Å². The molecule has 6 nitrogen and oxygen atoms in total. The number of ether oxygens (including phenoxy) is 2. The summed E-state index contributed by atoms with van der Waals surface area (Å²) in [4.78, 5) is 20.6. The molecule has 0 aliphatic heterocycles. The van der Waals surface area contributed by atoms with Crippen LogP contribution in [-0.2, 0) is 9.47 Å². The van der Waals surface area contributed by atoms with Gasteiger partial charge in [0.2, 0.25) is 5.60 Å². The van der Waals surface area contributed by atoms with Gasteiger partial charge in [-0.1, -0.05) is 0 Å². The predicted octanol–water partition coefficient (Wildman–Crippen LogP) is 1.93. The van der Waals surface area contributed by atoms with Crippen LogP contribution in [0.3, 0.4) is 0 Å². The van der Waals surface area contributed by atoms with Gasteiger partial charge < -0.3 is 19.7 Å². The van der Waals surface area contributed by atoms with Crippen LogP contribution in [-0.4, -0.2) is 39.6 Å². The van der Waals surface area contributed by atoms with Gasteiger partial charge in [-0.2, -0.15) is 0 Å². The summed E-state index contributed by atoms with van der Waals surface area (Å²) in [5.41, 5.74) is -4.40. The standard InChI is InChI=1S/C8H10F2O6/c1-6(15-4(11)12)3-8(9,10)7(6,2)16-5(13)14/h3H2,1-2H3,(H,11,12)(H,13,14). The first kappa shape index (κ1) is 12.5. The summed E-state index contributed by atoms with van der Waals surface area (Å²) in [6.07, 6.45) is -4.60. The largest absolute Gasteiger partial charge is 0.506 e. The van der Waals surface area contributed by atoms with Crippen LogP contribution in [0.15, 0.2) is 0 Å². The first-order chi connectivity index (χ1) is 7.04. The van der Waals surface area contributed by atoms with Crippen LogP contribution >= 0.6 is 0 Å². The van der Waals surface area contributed by atoms with Crippen LogP contribution in [0.5, 0.6) is 0 Å². The van der Waals surface area contributed by atoms with E-state index in [0.717, 1.165) is 13.8 Å². The predicted molar refractivity (Wildman–Crippen MR) is 44.6 cm³/mol. The van der Waals surface area contributed by atoms with Gasteiger partial charge in [0.1, 0.15) is 0 Å². The topological polar surface area (TPSA) is 93.1 Å². The van der Waals surface area contributed by atoms with Gasteiger partial charge in [0.25, 0.3) is 5.92 Å². The Labute approximate surface area is 88.8 Å². The molecule has 0 radical (unpaired) electrons. The van der Waals surface area contributed by atoms with Gasteiger partial charge in [0.15, 0.2) is 5.60 Å². The van der Waals surface area contributed by atoms with E-state index in [-0.39, 0.29) is 0 Å². The molecular weight excluding hydrogens is 230 g/mol. The highest BCUT2D eigenvalue weighted by atomic mass is 19.3. The van der Waals surface area contributed by atoms with Crippen LogP contribution in [0, 0.1) is 0 Å². The molecule has 1 rings (SSSR count). The Morgan fingerprint density at radius 1 is 1.12 bits per heavy atom. The minimum atomic E-state index is -3.46. The van der Waals surface area contributed by atoms with Crippen molar-refractivity contribution < 1.29 is 38.1 Å². The SMILES string of the molecule is CC1(OC(=O)O)CC(F)(F)C1(C)OC(=O)O. The molecule has 0 amide bonds. The second-order valence-electron chi connectivity index (χ2n) is 3.88. The molecule has 0 bridgehead atoms. The quantitative estimate of drug-likeness (QED) is 0.716. The highest BCUT2D eigenvalue weighted by Gasteiger charge is 2.78. The van der Waals surface area contributed by atoms with Crippen molar-refractivity contribution in [1.82, 2.24) is 0 Å². The second kappa shape index (κ2) is 3.19. The average molecular weight is 240 g/mol. The lowest BCUT2D eigenvalue weighted by molar-refractivity contribution is -0.341. The molecule has 8 heteroatoms. The molecule has 2 N–H and O–H groups in total. The highest BCUT2D eigenvalue weighted by molar-refractivity contribution is 5.61. The molecule has 0 aromatic carbocycles. The summed E-state index contributed by atoms with van der Waals surface area (Å²) in [6, 6.07) is 0. The first-order valence-electron chi connectivity index (χ1n) is 4.26. The van der Waals surface area contributed by atoms with Crippen molar-refractivity contribution in [1.29, 1.82) is 0 Å². The van der Waals surface area contributed by atoms with Crippen molar-refractivity contribution in [3.05, 3.63) is 0 Å². The number of alkyl halides is 2. The fraction of sp³-hybridized carbons (Fsp3) is 0.750. The van der Waals surface area contributed by atoms with E-state index in [0.29, 0.717) is 0 Å². The van der Waals surface area contributed by atoms with Crippen molar-refractivity contribution >= 4 is 12.3 Å². The maximum atomic E-state index is 13.2. The number of hydrogen-bond donors (Lipinski definition) is 2. The van der Waals surface area contributed by atoms with E-state index in [1.807, 2.05) is 0 Å². The zero-order chi connectivity index (χ0) is 12.8. The lowest BCUT2D eigenvalue weighted by Gasteiger charge is -2.56. The molecular formula is C8H10F2O6. The van der Waals surface area contributed by atoms with Crippen molar-refractivity contribution in [3.63, 3.8) is 0 Å². The van der Waals surface area contributed by atoms with Gasteiger partial charge in [-0.25, -0.2) is 18.4 Å². The zero-order valence-corrected chi connectivity index (χ0v) is 8.49.